The summed E-state index contributed by atoms with van der Waals surface area (Å²) in [7, 11) is 0. The van der Waals surface area contributed by atoms with Gasteiger partial charge in [-0.05, 0) is 12.8 Å². The maximum Gasteiger partial charge on any atom is 0.407 e. The van der Waals surface area contributed by atoms with Gasteiger partial charge in [0.25, 0.3) is 0 Å². The molecule has 2 heterocycles. The van der Waals surface area contributed by atoms with Crippen molar-refractivity contribution >= 4 is 6.09 Å². The Balaban J connectivity index is 1.75. The summed E-state index contributed by atoms with van der Waals surface area (Å²) < 4.78 is 10.4. The average Bonchev–Trinajstić information content (AvgIpc) is 2.63. The third-order valence-corrected chi connectivity index (χ3v) is 2.30. The summed E-state index contributed by atoms with van der Waals surface area (Å²) in [6, 6.07) is 0. The molecule has 0 aromatic rings. The fraction of sp³-hybridized carbons (Fsp3) is 0.875. The van der Waals surface area contributed by atoms with Gasteiger partial charge in [-0.15, -0.1) is 0 Å². The zero-order valence-electron chi connectivity index (χ0n) is 6.91. The predicted octanol–water partition coefficient (Wildman–Crippen LogP) is 0.664. The van der Waals surface area contributed by atoms with Gasteiger partial charge in [-0.2, -0.15) is 0 Å². The summed E-state index contributed by atoms with van der Waals surface area (Å²) in [6.07, 6.45) is 3.13. The van der Waals surface area contributed by atoms with E-state index in [2.05, 4.69) is 5.32 Å². The molecule has 68 valence electrons. The number of carbonyl (C=O) groups is 1. The van der Waals surface area contributed by atoms with E-state index in [4.69, 9.17) is 9.47 Å². The lowest BCUT2D eigenvalue weighted by molar-refractivity contribution is 0.0594. The van der Waals surface area contributed by atoms with Crippen LogP contribution in [0, 0.1) is 0 Å². The van der Waals surface area contributed by atoms with Crippen molar-refractivity contribution in [2.24, 2.45) is 0 Å². The predicted molar refractivity (Wildman–Crippen MR) is 41.9 cm³/mol. The maximum absolute atomic E-state index is 10.7. The highest BCUT2D eigenvalue weighted by atomic mass is 16.6. The van der Waals surface area contributed by atoms with E-state index >= 15 is 0 Å². The van der Waals surface area contributed by atoms with Crippen LogP contribution in [0.15, 0.2) is 0 Å². The summed E-state index contributed by atoms with van der Waals surface area (Å²) in [4.78, 5) is 10.7. The molecule has 0 aromatic carbocycles. The number of amides is 1. The van der Waals surface area contributed by atoms with Gasteiger partial charge in [-0.25, -0.2) is 4.79 Å². The van der Waals surface area contributed by atoms with Crippen molar-refractivity contribution in [3.05, 3.63) is 0 Å². The van der Waals surface area contributed by atoms with Crippen LogP contribution >= 0.6 is 0 Å². The maximum atomic E-state index is 10.7. The smallest absolute Gasteiger partial charge is 0.407 e. The minimum Gasteiger partial charge on any atom is -0.444 e. The number of ether oxygens (including phenoxy) is 2. The molecule has 2 aliphatic rings. The molecule has 2 unspecified atom stereocenters. The second-order valence-electron chi connectivity index (χ2n) is 3.28. The lowest BCUT2D eigenvalue weighted by atomic mass is 10.1. The Morgan fingerprint density at radius 1 is 1.50 bits per heavy atom. The van der Waals surface area contributed by atoms with Crippen LogP contribution in [0.2, 0.25) is 0 Å². The van der Waals surface area contributed by atoms with Crippen molar-refractivity contribution in [2.45, 2.75) is 31.5 Å². The van der Waals surface area contributed by atoms with Crippen molar-refractivity contribution in [3.63, 3.8) is 0 Å². The fourth-order valence-corrected chi connectivity index (χ4v) is 1.69. The third kappa shape index (κ3) is 1.69. The van der Waals surface area contributed by atoms with E-state index in [1.54, 1.807) is 0 Å². The van der Waals surface area contributed by atoms with Crippen LogP contribution < -0.4 is 5.32 Å². The highest BCUT2D eigenvalue weighted by Gasteiger charge is 2.27. The van der Waals surface area contributed by atoms with Gasteiger partial charge in [0, 0.05) is 13.0 Å². The zero-order chi connectivity index (χ0) is 8.39. The molecule has 2 aliphatic heterocycles. The lowest BCUT2D eigenvalue weighted by Crippen LogP contribution is -2.20. The van der Waals surface area contributed by atoms with Crippen LogP contribution in [0.4, 0.5) is 4.79 Å². The second-order valence-corrected chi connectivity index (χ2v) is 3.28. The number of hydrogen-bond donors (Lipinski definition) is 1. The normalized spacial score (nSPS) is 34.8. The summed E-state index contributed by atoms with van der Waals surface area (Å²) in [6.45, 7) is 1.50. The average molecular weight is 171 g/mol. The zero-order valence-corrected chi connectivity index (χ0v) is 6.91. The number of hydrogen-bond acceptors (Lipinski definition) is 3. The van der Waals surface area contributed by atoms with E-state index in [1.165, 1.54) is 0 Å². The first-order valence-corrected chi connectivity index (χ1v) is 4.40. The third-order valence-electron chi connectivity index (χ3n) is 2.30. The fourth-order valence-electron chi connectivity index (χ4n) is 1.69. The molecule has 0 spiro atoms. The van der Waals surface area contributed by atoms with E-state index in [0.717, 1.165) is 25.9 Å². The molecular formula is C8H13NO3. The lowest BCUT2D eigenvalue weighted by Gasteiger charge is -2.12. The van der Waals surface area contributed by atoms with Crippen molar-refractivity contribution in [1.82, 2.24) is 5.32 Å². The Kier molecular flexibility index (Phi) is 2.17. The van der Waals surface area contributed by atoms with Crippen LogP contribution in [0.25, 0.3) is 0 Å². The number of carbonyl (C=O) groups excluding carboxylic acids is 1. The summed E-state index contributed by atoms with van der Waals surface area (Å²) >= 11 is 0. The van der Waals surface area contributed by atoms with Crippen molar-refractivity contribution in [1.29, 1.82) is 0 Å². The first kappa shape index (κ1) is 7.86. The molecule has 1 amide bonds. The molecule has 0 bridgehead atoms. The van der Waals surface area contributed by atoms with E-state index in [1.807, 2.05) is 0 Å². The van der Waals surface area contributed by atoms with Gasteiger partial charge in [0.15, 0.2) is 0 Å². The summed E-state index contributed by atoms with van der Waals surface area (Å²) in [5.41, 5.74) is 0. The Morgan fingerprint density at radius 3 is 3.00 bits per heavy atom. The highest BCUT2D eigenvalue weighted by Crippen LogP contribution is 2.19. The topological polar surface area (TPSA) is 47.6 Å². The van der Waals surface area contributed by atoms with Gasteiger partial charge in [-0.1, -0.05) is 0 Å². The van der Waals surface area contributed by atoms with Gasteiger partial charge in [-0.3, -0.25) is 0 Å². The number of rotatable bonds is 2. The molecular weight excluding hydrogens is 158 g/mol. The molecule has 0 radical (unpaired) electrons. The molecule has 4 nitrogen and oxygen atoms in total. The standard InChI is InChI=1S/C8H13NO3/c10-8-9-5-7(12-8)4-6-2-1-3-11-6/h6-7H,1-5H2,(H,9,10). The van der Waals surface area contributed by atoms with Gasteiger partial charge in [0.1, 0.15) is 6.10 Å². The molecule has 0 aliphatic carbocycles. The monoisotopic (exact) mass is 171 g/mol. The van der Waals surface area contributed by atoms with Crippen molar-refractivity contribution in [3.8, 4) is 0 Å². The molecule has 2 rings (SSSR count). The summed E-state index contributed by atoms with van der Waals surface area (Å²) in [5.74, 6) is 0. The van der Waals surface area contributed by atoms with E-state index in [9.17, 15) is 4.79 Å². The van der Waals surface area contributed by atoms with Gasteiger partial charge in [0.2, 0.25) is 0 Å². The van der Waals surface area contributed by atoms with Crippen LogP contribution in [0.3, 0.4) is 0 Å². The number of cyclic esters (lactones) is 1. The molecule has 0 saturated carbocycles. The molecule has 4 heteroatoms. The van der Waals surface area contributed by atoms with Gasteiger partial charge < -0.3 is 14.8 Å². The van der Waals surface area contributed by atoms with E-state index in [0.29, 0.717) is 12.6 Å². The molecule has 2 atom stereocenters. The second kappa shape index (κ2) is 3.31. The van der Waals surface area contributed by atoms with Crippen LogP contribution in [0.5, 0.6) is 0 Å². The number of alkyl carbamates (subject to hydrolysis) is 1. The minimum atomic E-state index is -0.294. The van der Waals surface area contributed by atoms with Crippen molar-refractivity contribution < 1.29 is 14.3 Å². The van der Waals surface area contributed by atoms with E-state index < -0.39 is 0 Å². The SMILES string of the molecule is O=C1NCC(CC2CCCO2)O1. The van der Waals surface area contributed by atoms with Gasteiger partial charge >= 0.3 is 6.09 Å². The Morgan fingerprint density at radius 2 is 2.42 bits per heavy atom. The first-order chi connectivity index (χ1) is 5.84. The largest absolute Gasteiger partial charge is 0.444 e. The van der Waals surface area contributed by atoms with Crippen LogP contribution in [0.1, 0.15) is 19.3 Å². The Hall–Kier alpha value is -0.770. The Bertz CT molecular complexity index is 177. The highest BCUT2D eigenvalue weighted by molar-refractivity contribution is 5.69. The molecule has 2 fully saturated rings. The minimum absolute atomic E-state index is 0.0283. The molecule has 1 N–H and O–H groups in total. The van der Waals surface area contributed by atoms with Crippen LogP contribution in [-0.2, 0) is 9.47 Å². The molecule has 2 saturated heterocycles. The summed E-state index contributed by atoms with van der Waals surface area (Å²) in [5, 5.41) is 2.63. The number of nitrogens with one attached hydrogen (secondary N) is 1. The Labute approximate surface area is 71.2 Å². The molecule has 0 aromatic heterocycles. The van der Waals surface area contributed by atoms with Gasteiger partial charge in [0.05, 0.1) is 12.6 Å². The first-order valence-electron chi connectivity index (χ1n) is 4.40. The quantitative estimate of drug-likeness (QED) is 0.664. The van der Waals surface area contributed by atoms with Crippen molar-refractivity contribution in [2.75, 3.05) is 13.2 Å². The van der Waals surface area contributed by atoms with Crippen LogP contribution in [-0.4, -0.2) is 31.5 Å². The van der Waals surface area contributed by atoms with E-state index in [-0.39, 0.29) is 12.2 Å². The molecule has 12 heavy (non-hydrogen) atoms.